The highest BCUT2D eigenvalue weighted by Crippen LogP contribution is 2.59. The van der Waals surface area contributed by atoms with E-state index in [9.17, 15) is 5.11 Å². The van der Waals surface area contributed by atoms with Crippen LogP contribution in [0.15, 0.2) is 12.7 Å². The van der Waals surface area contributed by atoms with Crippen LogP contribution in [-0.2, 0) is 4.74 Å². The molecule has 2 aliphatic heterocycles. The van der Waals surface area contributed by atoms with E-state index in [1.165, 1.54) is 12.8 Å². The minimum atomic E-state index is -0.742. The fourth-order valence-corrected chi connectivity index (χ4v) is 3.87. The number of fused-ring (bicyclic) bond motifs is 2. The van der Waals surface area contributed by atoms with E-state index in [0.29, 0.717) is 12.0 Å². The van der Waals surface area contributed by atoms with Gasteiger partial charge in [0.1, 0.15) is 0 Å². The highest BCUT2D eigenvalue weighted by molar-refractivity contribution is 5.09. The van der Waals surface area contributed by atoms with Crippen molar-refractivity contribution in [2.45, 2.75) is 70.7 Å². The predicted molar refractivity (Wildman–Crippen MR) is 69.8 cm³/mol. The average Bonchev–Trinajstić information content (AvgIpc) is 2.68. The maximum atomic E-state index is 10.0. The van der Waals surface area contributed by atoms with Gasteiger partial charge in [-0.2, -0.15) is 0 Å². The van der Waals surface area contributed by atoms with Crippen molar-refractivity contribution in [2.75, 3.05) is 0 Å². The molecule has 2 heteroatoms. The first-order valence-electron chi connectivity index (χ1n) is 6.75. The first-order valence-corrected chi connectivity index (χ1v) is 6.75. The molecule has 0 spiro atoms. The molecule has 0 aliphatic carbocycles. The van der Waals surface area contributed by atoms with Crippen molar-refractivity contribution in [1.29, 1.82) is 0 Å². The lowest BCUT2D eigenvalue weighted by Gasteiger charge is -2.40. The number of aliphatic hydroxyl groups is 1. The minimum Gasteiger partial charge on any atom is -0.386 e. The fourth-order valence-electron chi connectivity index (χ4n) is 3.87. The molecular weight excluding hydrogens is 212 g/mol. The van der Waals surface area contributed by atoms with Gasteiger partial charge in [-0.05, 0) is 50.9 Å². The Bertz CT molecular complexity index is 314. The van der Waals surface area contributed by atoms with E-state index in [2.05, 4.69) is 27.4 Å². The summed E-state index contributed by atoms with van der Waals surface area (Å²) in [6.45, 7) is 12.4. The van der Waals surface area contributed by atoms with Gasteiger partial charge in [0.05, 0.1) is 17.3 Å². The van der Waals surface area contributed by atoms with Gasteiger partial charge in [-0.1, -0.05) is 19.9 Å². The Morgan fingerprint density at radius 1 is 1.47 bits per heavy atom. The van der Waals surface area contributed by atoms with Gasteiger partial charge in [0.15, 0.2) is 0 Å². The van der Waals surface area contributed by atoms with E-state index in [1.54, 1.807) is 6.08 Å². The summed E-state index contributed by atoms with van der Waals surface area (Å²) in [4.78, 5) is 0. The van der Waals surface area contributed by atoms with Crippen molar-refractivity contribution in [1.82, 2.24) is 0 Å². The van der Waals surface area contributed by atoms with Crippen molar-refractivity contribution < 1.29 is 9.84 Å². The van der Waals surface area contributed by atoms with Crippen molar-refractivity contribution in [3.8, 4) is 0 Å². The molecule has 17 heavy (non-hydrogen) atoms. The van der Waals surface area contributed by atoms with Crippen LogP contribution in [0.1, 0.15) is 53.4 Å². The van der Waals surface area contributed by atoms with Crippen molar-refractivity contribution >= 4 is 0 Å². The van der Waals surface area contributed by atoms with Crippen LogP contribution in [-0.4, -0.2) is 22.4 Å². The summed E-state index contributed by atoms with van der Waals surface area (Å²) in [5.41, 5.74) is -0.468. The summed E-state index contributed by atoms with van der Waals surface area (Å²) in [6.07, 6.45) is 6.21. The Kier molecular flexibility index (Phi) is 2.95. The lowest BCUT2D eigenvalue weighted by molar-refractivity contribution is -0.000250. The molecule has 2 rings (SSSR count). The van der Waals surface area contributed by atoms with Crippen LogP contribution in [0.4, 0.5) is 0 Å². The zero-order chi connectivity index (χ0) is 12.9. The number of rotatable bonds is 4. The third-order valence-electron chi connectivity index (χ3n) is 5.16. The molecule has 0 aromatic rings. The van der Waals surface area contributed by atoms with Crippen LogP contribution >= 0.6 is 0 Å². The normalized spacial score (nSPS) is 42.4. The lowest BCUT2D eigenvalue weighted by Crippen LogP contribution is -2.41. The van der Waals surface area contributed by atoms with Gasteiger partial charge < -0.3 is 9.84 Å². The number of hydrogen-bond donors (Lipinski definition) is 1. The molecule has 0 saturated carbocycles. The third kappa shape index (κ3) is 2.06. The zero-order valence-corrected chi connectivity index (χ0v) is 11.6. The van der Waals surface area contributed by atoms with Gasteiger partial charge in [-0.3, -0.25) is 0 Å². The van der Waals surface area contributed by atoms with Crippen molar-refractivity contribution in [2.24, 2.45) is 11.3 Å². The molecule has 0 amide bonds. The molecule has 2 heterocycles. The first kappa shape index (κ1) is 13.1. The van der Waals surface area contributed by atoms with Crippen LogP contribution in [0.3, 0.4) is 0 Å². The third-order valence-corrected chi connectivity index (χ3v) is 5.16. The Balaban J connectivity index is 2.08. The van der Waals surface area contributed by atoms with Gasteiger partial charge >= 0.3 is 0 Å². The number of hydrogen-bond acceptors (Lipinski definition) is 2. The van der Waals surface area contributed by atoms with E-state index in [1.807, 2.05) is 6.92 Å². The van der Waals surface area contributed by atoms with Crippen LogP contribution in [0.2, 0.25) is 0 Å². The maximum Gasteiger partial charge on any atom is 0.0797 e. The molecule has 0 radical (unpaired) electrons. The zero-order valence-electron chi connectivity index (χ0n) is 11.6. The van der Waals surface area contributed by atoms with Crippen molar-refractivity contribution in [3.63, 3.8) is 0 Å². The highest BCUT2D eigenvalue weighted by atomic mass is 16.5. The second-order valence-corrected chi connectivity index (χ2v) is 6.93. The standard InChI is InChI=1S/C15H26O2/c1-6-14(4,16)9-7-11-13(2,3)12-8-10-15(11,5)17-12/h6,11-12,16H,1,7-10H2,2-5H3/t11-,12-,14?,15?/m1/s1. The molecular formula is C15H26O2. The van der Waals surface area contributed by atoms with Crippen LogP contribution in [0.5, 0.6) is 0 Å². The number of ether oxygens (including phenoxy) is 1. The van der Waals surface area contributed by atoms with E-state index in [-0.39, 0.29) is 11.0 Å². The molecule has 2 bridgehead atoms. The molecule has 0 aromatic heterocycles. The summed E-state index contributed by atoms with van der Waals surface area (Å²) in [5, 5.41) is 10.0. The summed E-state index contributed by atoms with van der Waals surface area (Å²) < 4.78 is 6.18. The monoisotopic (exact) mass is 238 g/mol. The highest BCUT2D eigenvalue weighted by Gasteiger charge is 2.60. The Labute approximate surface area is 105 Å². The van der Waals surface area contributed by atoms with Crippen molar-refractivity contribution in [3.05, 3.63) is 12.7 Å². The molecule has 1 N–H and O–H groups in total. The quantitative estimate of drug-likeness (QED) is 0.761. The van der Waals surface area contributed by atoms with Crippen LogP contribution in [0.25, 0.3) is 0 Å². The summed E-state index contributed by atoms with van der Waals surface area (Å²) in [5.74, 6) is 0.542. The van der Waals surface area contributed by atoms with E-state index in [4.69, 9.17) is 4.74 Å². The SMILES string of the molecule is C=CC(C)(O)CC[C@H]1C2(C)CC[C@@H](O2)C1(C)C. The van der Waals surface area contributed by atoms with E-state index >= 15 is 0 Å². The predicted octanol–water partition coefficient (Wildman–Crippen LogP) is 3.30. The second kappa shape index (κ2) is 3.83. The fraction of sp³-hybridized carbons (Fsp3) is 0.867. The van der Waals surface area contributed by atoms with Gasteiger partial charge in [0, 0.05) is 0 Å². The Hall–Kier alpha value is -0.340. The van der Waals surface area contributed by atoms with Gasteiger partial charge in [-0.25, -0.2) is 0 Å². The topological polar surface area (TPSA) is 29.5 Å². The summed E-state index contributed by atoms with van der Waals surface area (Å²) in [7, 11) is 0. The molecule has 2 nitrogen and oxygen atoms in total. The lowest BCUT2D eigenvalue weighted by atomic mass is 9.62. The van der Waals surface area contributed by atoms with E-state index < -0.39 is 5.60 Å². The van der Waals surface area contributed by atoms with E-state index in [0.717, 1.165) is 12.8 Å². The smallest absolute Gasteiger partial charge is 0.0797 e. The molecule has 98 valence electrons. The van der Waals surface area contributed by atoms with Crippen LogP contribution in [0, 0.1) is 11.3 Å². The summed E-state index contributed by atoms with van der Waals surface area (Å²) >= 11 is 0. The summed E-state index contributed by atoms with van der Waals surface area (Å²) in [6, 6.07) is 0. The molecule has 2 unspecified atom stereocenters. The maximum absolute atomic E-state index is 10.0. The molecule has 2 fully saturated rings. The van der Waals surface area contributed by atoms with Gasteiger partial charge in [-0.15, -0.1) is 6.58 Å². The Morgan fingerprint density at radius 2 is 2.12 bits per heavy atom. The molecule has 0 aromatic carbocycles. The van der Waals surface area contributed by atoms with Crippen LogP contribution < -0.4 is 0 Å². The molecule has 4 atom stereocenters. The second-order valence-electron chi connectivity index (χ2n) is 6.93. The van der Waals surface area contributed by atoms with Gasteiger partial charge in [0.25, 0.3) is 0 Å². The molecule has 2 saturated heterocycles. The molecule has 2 aliphatic rings. The van der Waals surface area contributed by atoms with Gasteiger partial charge in [0.2, 0.25) is 0 Å². The first-order chi connectivity index (χ1) is 7.71. The average molecular weight is 238 g/mol. The largest absolute Gasteiger partial charge is 0.386 e. The Morgan fingerprint density at radius 3 is 2.59 bits per heavy atom. The minimum absolute atomic E-state index is 0.0332.